The quantitative estimate of drug-likeness (QED) is 0.762. The molecule has 0 aliphatic heterocycles. The lowest BCUT2D eigenvalue weighted by Crippen LogP contribution is -2.89. The molecule has 0 fully saturated rings. The minimum atomic E-state index is 0.0447. The topological polar surface area (TPSA) is 25.8 Å². The standard InChI is InChI=1S/C17H28ClNO/c1-6-13(2)19-10-7-11-20-16-9-8-14(18)12-15(16)17(3,4)5/h8-9,12-13,19H,6-7,10-11H2,1-5H3/p+1/t13-/m1/s1. The molecule has 0 aliphatic carbocycles. The Morgan fingerprint density at radius 3 is 2.60 bits per heavy atom. The molecule has 0 saturated carbocycles. The van der Waals surface area contributed by atoms with E-state index in [0.29, 0.717) is 6.04 Å². The van der Waals surface area contributed by atoms with E-state index >= 15 is 0 Å². The molecule has 2 N–H and O–H groups in total. The van der Waals surface area contributed by atoms with Crippen LogP contribution in [0.15, 0.2) is 18.2 Å². The van der Waals surface area contributed by atoms with Crippen molar-refractivity contribution in [1.29, 1.82) is 0 Å². The molecule has 0 heterocycles. The van der Waals surface area contributed by atoms with E-state index < -0.39 is 0 Å². The molecule has 1 aromatic rings. The van der Waals surface area contributed by atoms with Crippen molar-refractivity contribution in [3.8, 4) is 5.75 Å². The van der Waals surface area contributed by atoms with Crippen LogP contribution in [-0.2, 0) is 5.41 Å². The van der Waals surface area contributed by atoms with Crippen LogP contribution in [0.4, 0.5) is 0 Å². The van der Waals surface area contributed by atoms with E-state index in [1.165, 1.54) is 12.0 Å². The Labute approximate surface area is 128 Å². The van der Waals surface area contributed by atoms with Crippen molar-refractivity contribution in [2.75, 3.05) is 13.2 Å². The van der Waals surface area contributed by atoms with Gasteiger partial charge in [-0.2, -0.15) is 0 Å². The van der Waals surface area contributed by atoms with Gasteiger partial charge in [-0.05, 0) is 37.0 Å². The van der Waals surface area contributed by atoms with E-state index in [9.17, 15) is 0 Å². The first-order valence-electron chi connectivity index (χ1n) is 7.60. The third kappa shape index (κ3) is 5.72. The van der Waals surface area contributed by atoms with Crippen molar-refractivity contribution < 1.29 is 10.1 Å². The third-order valence-electron chi connectivity index (χ3n) is 3.57. The van der Waals surface area contributed by atoms with Gasteiger partial charge in [-0.3, -0.25) is 0 Å². The number of halogens is 1. The fourth-order valence-corrected chi connectivity index (χ4v) is 2.22. The van der Waals surface area contributed by atoms with Gasteiger partial charge in [-0.25, -0.2) is 0 Å². The fourth-order valence-electron chi connectivity index (χ4n) is 2.05. The summed E-state index contributed by atoms with van der Waals surface area (Å²) in [6, 6.07) is 6.61. The average molecular weight is 299 g/mol. The van der Waals surface area contributed by atoms with Gasteiger partial charge in [-0.1, -0.05) is 39.3 Å². The zero-order valence-corrected chi connectivity index (χ0v) is 14.3. The zero-order chi connectivity index (χ0) is 15.2. The molecule has 1 aromatic carbocycles. The number of benzene rings is 1. The number of hydrogen-bond acceptors (Lipinski definition) is 1. The van der Waals surface area contributed by atoms with Crippen molar-refractivity contribution >= 4 is 11.6 Å². The van der Waals surface area contributed by atoms with Gasteiger partial charge in [0.05, 0.1) is 19.2 Å². The highest BCUT2D eigenvalue weighted by atomic mass is 35.5. The molecule has 3 heteroatoms. The van der Waals surface area contributed by atoms with Crippen molar-refractivity contribution in [2.24, 2.45) is 0 Å². The molecule has 114 valence electrons. The minimum Gasteiger partial charge on any atom is -0.493 e. The second kappa shape index (κ2) is 7.90. The van der Waals surface area contributed by atoms with Crippen LogP contribution in [0.3, 0.4) is 0 Å². The monoisotopic (exact) mass is 298 g/mol. The Bertz CT molecular complexity index is 412. The molecule has 0 spiro atoms. The number of rotatable bonds is 7. The van der Waals surface area contributed by atoms with Crippen molar-refractivity contribution in [3.05, 3.63) is 28.8 Å². The van der Waals surface area contributed by atoms with Gasteiger partial charge in [-0.15, -0.1) is 0 Å². The highest BCUT2D eigenvalue weighted by Gasteiger charge is 2.19. The fraction of sp³-hybridized carbons (Fsp3) is 0.647. The smallest absolute Gasteiger partial charge is 0.123 e. The Morgan fingerprint density at radius 1 is 1.30 bits per heavy atom. The summed E-state index contributed by atoms with van der Waals surface area (Å²) in [5.41, 5.74) is 1.22. The second-order valence-corrected chi connectivity index (χ2v) is 6.94. The van der Waals surface area contributed by atoms with Crippen molar-refractivity contribution in [3.63, 3.8) is 0 Å². The zero-order valence-electron chi connectivity index (χ0n) is 13.5. The average Bonchev–Trinajstić information content (AvgIpc) is 2.38. The predicted molar refractivity (Wildman–Crippen MR) is 86.8 cm³/mol. The molecule has 0 amide bonds. The maximum absolute atomic E-state index is 6.10. The summed E-state index contributed by atoms with van der Waals surface area (Å²) in [5, 5.41) is 3.16. The second-order valence-electron chi connectivity index (χ2n) is 6.50. The number of ether oxygens (including phenoxy) is 1. The molecule has 0 aromatic heterocycles. The van der Waals surface area contributed by atoms with Crippen molar-refractivity contribution in [1.82, 2.24) is 0 Å². The molecule has 0 bridgehead atoms. The molecule has 0 radical (unpaired) electrons. The van der Waals surface area contributed by atoms with Gasteiger partial charge >= 0.3 is 0 Å². The highest BCUT2D eigenvalue weighted by Crippen LogP contribution is 2.33. The Hall–Kier alpha value is -0.730. The Morgan fingerprint density at radius 2 is 2.00 bits per heavy atom. The van der Waals surface area contributed by atoms with Crippen LogP contribution in [0, 0.1) is 0 Å². The molecule has 20 heavy (non-hydrogen) atoms. The van der Waals surface area contributed by atoms with Gasteiger partial charge in [0.2, 0.25) is 0 Å². The summed E-state index contributed by atoms with van der Waals surface area (Å²) >= 11 is 6.10. The van der Waals surface area contributed by atoms with E-state index in [-0.39, 0.29) is 5.41 Å². The summed E-state index contributed by atoms with van der Waals surface area (Å²) in [7, 11) is 0. The lowest BCUT2D eigenvalue weighted by atomic mass is 9.86. The first-order chi connectivity index (χ1) is 9.34. The van der Waals surface area contributed by atoms with E-state index in [1.807, 2.05) is 18.2 Å². The first-order valence-corrected chi connectivity index (χ1v) is 7.98. The normalized spacial score (nSPS) is 13.3. The van der Waals surface area contributed by atoms with Crippen LogP contribution in [-0.4, -0.2) is 19.2 Å². The van der Waals surface area contributed by atoms with Crippen LogP contribution in [0.2, 0.25) is 5.02 Å². The van der Waals surface area contributed by atoms with Gasteiger partial charge in [0.25, 0.3) is 0 Å². The van der Waals surface area contributed by atoms with E-state index in [2.05, 4.69) is 39.9 Å². The van der Waals surface area contributed by atoms with Crippen LogP contribution < -0.4 is 10.1 Å². The predicted octanol–water partition coefficient (Wildman–Crippen LogP) is 3.77. The first kappa shape index (κ1) is 17.3. The Balaban J connectivity index is 2.52. The van der Waals surface area contributed by atoms with E-state index in [1.54, 1.807) is 0 Å². The molecular weight excluding hydrogens is 270 g/mol. The number of hydrogen-bond donors (Lipinski definition) is 1. The maximum Gasteiger partial charge on any atom is 0.123 e. The minimum absolute atomic E-state index is 0.0447. The lowest BCUT2D eigenvalue weighted by Gasteiger charge is -2.23. The van der Waals surface area contributed by atoms with Crippen LogP contribution in [0.1, 0.15) is 53.0 Å². The Kier molecular flexibility index (Phi) is 6.84. The van der Waals surface area contributed by atoms with Crippen LogP contribution in [0.25, 0.3) is 0 Å². The third-order valence-corrected chi connectivity index (χ3v) is 3.80. The number of nitrogens with two attached hydrogens (primary N) is 1. The van der Waals surface area contributed by atoms with Gasteiger partial charge in [0.15, 0.2) is 0 Å². The van der Waals surface area contributed by atoms with Gasteiger partial charge < -0.3 is 10.1 Å². The molecule has 1 rings (SSSR count). The summed E-state index contributed by atoms with van der Waals surface area (Å²) in [4.78, 5) is 0. The lowest BCUT2D eigenvalue weighted by molar-refractivity contribution is -0.686. The summed E-state index contributed by atoms with van der Waals surface area (Å²) in [6.07, 6.45) is 2.28. The molecule has 2 nitrogen and oxygen atoms in total. The molecular formula is C17H29ClNO+. The maximum atomic E-state index is 6.10. The van der Waals surface area contributed by atoms with Gasteiger partial charge in [0.1, 0.15) is 5.75 Å². The summed E-state index contributed by atoms with van der Waals surface area (Å²) in [5.74, 6) is 0.963. The van der Waals surface area contributed by atoms with E-state index in [0.717, 1.165) is 30.3 Å². The van der Waals surface area contributed by atoms with Crippen LogP contribution >= 0.6 is 11.6 Å². The summed E-state index contributed by atoms with van der Waals surface area (Å²) in [6.45, 7) is 12.9. The molecule has 0 unspecified atom stereocenters. The van der Waals surface area contributed by atoms with Gasteiger partial charge in [0, 0.05) is 17.0 Å². The van der Waals surface area contributed by atoms with Crippen molar-refractivity contribution in [2.45, 2.75) is 58.9 Å². The van der Waals surface area contributed by atoms with Crippen LogP contribution in [0.5, 0.6) is 5.75 Å². The summed E-state index contributed by atoms with van der Waals surface area (Å²) < 4.78 is 5.96. The molecule has 0 aliphatic rings. The molecule has 1 atom stereocenters. The number of quaternary nitrogens is 1. The highest BCUT2D eigenvalue weighted by molar-refractivity contribution is 6.30. The SMILES string of the molecule is CC[C@@H](C)[NH2+]CCCOc1ccc(Cl)cc1C(C)(C)C. The molecule has 0 saturated heterocycles. The largest absolute Gasteiger partial charge is 0.493 e. The van der Waals surface area contributed by atoms with E-state index in [4.69, 9.17) is 16.3 Å².